The third-order valence-corrected chi connectivity index (χ3v) is 3.58. The summed E-state index contributed by atoms with van der Waals surface area (Å²) in [4.78, 5) is 14.2. The highest BCUT2D eigenvalue weighted by Crippen LogP contribution is 2.24. The molecule has 0 spiro atoms. The van der Waals surface area contributed by atoms with Crippen LogP contribution in [0.5, 0.6) is 0 Å². The minimum absolute atomic E-state index is 0.00273. The number of likely N-dealkylation sites (tertiary alicyclic amines) is 1. The van der Waals surface area contributed by atoms with Crippen LogP contribution in [0.25, 0.3) is 0 Å². The predicted molar refractivity (Wildman–Crippen MR) is 69.3 cm³/mol. The van der Waals surface area contributed by atoms with Crippen molar-refractivity contribution in [2.24, 2.45) is 5.73 Å². The van der Waals surface area contributed by atoms with E-state index in [2.05, 4.69) is 0 Å². The molecule has 1 aromatic rings. The van der Waals surface area contributed by atoms with Crippen LogP contribution in [0.4, 0.5) is 0 Å². The molecule has 0 radical (unpaired) electrons. The summed E-state index contributed by atoms with van der Waals surface area (Å²) in [5.41, 5.74) is 7.32. The van der Waals surface area contributed by atoms with Crippen molar-refractivity contribution in [1.82, 2.24) is 4.90 Å². The van der Waals surface area contributed by atoms with Crippen molar-refractivity contribution >= 4 is 17.5 Å². The molecule has 3 nitrogen and oxygen atoms in total. The molecule has 4 heteroatoms. The van der Waals surface area contributed by atoms with Crippen molar-refractivity contribution in [3.05, 3.63) is 34.3 Å². The second-order valence-corrected chi connectivity index (χ2v) is 4.92. The number of carbonyl (C=O) groups is 1. The Morgan fingerprint density at radius 1 is 1.59 bits per heavy atom. The molecule has 1 aliphatic heterocycles. The zero-order valence-corrected chi connectivity index (χ0v) is 10.7. The number of nitrogens with two attached hydrogens (primary N) is 1. The standard InChI is InChI=1S/C13H17ClN2O/c1-9-4-5-11(12(14)7-9)13(17)16-6-2-3-10(16)8-15/h4-5,7,10H,2-3,6,8,15H2,1H3. The predicted octanol–water partition coefficient (Wildman–Crippen LogP) is 2.21. The molecule has 1 fully saturated rings. The maximum Gasteiger partial charge on any atom is 0.255 e. The van der Waals surface area contributed by atoms with Crippen LogP contribution in [0, 0.1) is 6.92 Å². The van der Waals surface area contributed by atoms with E-state index in [1.54, 1.807) is 6.07 Å². The molecular formula is C13H17ClN2O. The lowest BCUT2D eigenvalue weighted by Crippen LogP contribution is -2.40. The molecule has 1 atom stereocenters. The fourth-order valence-corrected chi connectivity index (χ4v) is 2.61. The average molecular weight is 253 g/mol. The average Bonchev–Trinajstić information content (AvgIpc) is 2.76. The summed E-state index contributed by atoms with van der Waals surface area (Å²) in [5.74, 6) is 0.00273. The zero-order chi connectivity index (χ0) is 12.4. The van der Waals surface area contributed by atoms with E-state index >= 15 is 0 Å². The second-order valence-electron chi connectivity index (χ2n) is 4.51. The second kappa shape index (κ2) is 5.07. The maximum atomic E-state index is 12.3. The van der Waals surface area contributed by atoms with Crippen molar-refractivity contribution in [3.63, 3.8) is 0 Å². The summed E-state index contributed by atoms with van der Waals surface area (Å²) in [6, 6.07) is 5.70. The number of nitrogens with zero attached hydrogens (tertiary/aromatic N) is 1. The number of amides is 1. The van der Waals surface area contributed by atoms with Gasteiger partial charge in [0.15, 0.2) is 0 Å². The topological polar surface area (TPSA) is 46.3 Å². The van der Waals surface area contributed by atoms with Crippen molar-refractivity contribution < 1.29 is 4.79 Å². The minimum Gasteiger partial charge on any atom is -0.334 e. The number of hydrogen-bond donors (Lipinski definition) is 1. The first kappa shape index (κ1) is 12.4. The van der Waals surface area contributed by atoms with Gasteiger partial charge < -0.3 is 10.6 Å². The van der Waals surface area contributed by atoms with E-state index in [0.717, 1.165) is 24.9 Å². The van der Waals surface area contributed by atoms with Gasteiger partial charge in [-0.2, -0.15) is 0 Å². The summed E-state index contributed by atoms with van der Waals surface area (Å²) in [6.07, 6.45) is 2.02. The van der Waals surface area contributed by atoms with E-state index in [-0.39, 0.29) is 11.9 Å². The van der Waals surface area contributed by atoms with Crippen LogP contribution in [0.1, 0.15) is 28.8 Å². The van der Waals surface area contributed by atoms with Crippen molar-refractivity contribution in [2.75, 3.05) is 13.1 Å². The first-order chi connectivity index (χ1) is 8.13. The van der Waals surface area contributed by atoms with Crippen molar-refractivity contribution in [3.8, 4) is 0 Å². The Morgan fingerprint density at radius 3 is 3.00 bits per heavy atom. The molecule has 1 aromatic carbocycles. The van der Waals surface area contributed by atoms with Crippen LogP contribution in [0.15, 0.2) is 18.2 Å². The van der Waals surface area contributed by atoms with E-state index in [1.807, 2.05) is 24.0 Å². The molecule has 2 rings (SSSR count). The Labute approximate surface area is 107 Å². The number of halogens is 1. The Balaban J connectivity index is 2.24. The van der Waals surface area contributed by atoms with Crippen LogP contribution in [0.2, 0.25) is 5.02 Å². The first-order valence-electron chi connectivity index (χ1n) is 5.90. The van der Waals surface area contributed by atoms with E-state index < -0.39 is 0 Å². The number of rotatable bonds is 2. The summed E-state index contributed by atoms with van der Waals surface area (Å²) in [5, 5.41) is 0.526. The van der Waals surface area contributed by atoms with Gasteiger partial charge in [-0.3, -0.25) is 4.79 Å². The normalized spacial score (nSPS) is 19.7. The third-order valence-electron chi connectivity index (χ3n) is 3.27. The smallest absolute Gasteiger partial charge is 0.255 e. The highest BCUT2D eigenvalue weighted by Gasteiger charge is 2.29. The molecule has 1 aliphatic rings. The largest absolute Gasteiger partial charge is 0.334 e. The van der Waals surface area contributed by atoms with Gasteiger partial charge in [0.1, 0.15) is 0 Å². The van der Waals surface area contributed by atoms with Crippen molar-refractivity contribution in [1.29, 1.82) is 0 Å². The van der Waals surface area contributed by atoms with Crippen LogP contribution in [0.3, 0.4) is 0 Å². The number of aryl methyl sites for hydroxylation is 1. The fraction of sp³-hybridized carbons (Fsp3) is 0.462. The summed E-state index contributed by atoms with van der Waals surface area (Å²) in [7, 11) is 0. The van der Waals surface area contributed by atoms with Crippen LogP contribution < -0.4 is 5.73 Å². The van der Waals surface area contributed by atoms with E-state index in [1.165, 1.54) is 0 Å². The van der Waals surface area contributed by atoms with Crippen LogP contribution in [-0.2, 0) is 0 Å². The molecule has 1 amide bonds. The zero-order valence-electron chi connectivity index (χ0n) is 9.95. The van der Waals surface area contributed by atoms with Gasteiger partial charge in [0, 0.05) is 19.1 Å². The molecule has 0 aliphatic carbocycles. The first-order valence-corrected chi connectivity index (χ1v) is 6.28. The quantitative estimate of drug-likeness (QED) is 0.877. The lowest BCUT2D eigenvalue weighted by Gasteiger charge is -2.24. The molecule has 0 aromatic heterocycles. The molecule has 17 heavy (non-hydrogen) atoms. The van der Waals surface area contributed by atoms with E-state index in [4.69, 9.17) is 17.3 Å². The van der Waals surface area contributed by atoms with Crippen molar-refractivity contribution in [2.45, 2.75) is 25.8 Å². The SMILES string of the molecule is Cc1ccc(C(=O)N2CCCC2CN)c(Cl)c1. The molecule has 1 heterocycles. The van der Waals surface area contributed by atoms with Gasteiger partial charge >= 0.3 is 0 Å². The molecule has 92 valence electrons. The minimum atomic E-state index is 0.00273. The molecule has 1 saturated heterocycles. The lowest BCUT2D eigenvalue weighted by atomic mass is 10.1. The lowest BCUT2D eigenvalue weighted by molar-refractivity contribution is 0.0741. The highest BCUT2D eigenvalue weighted by atomic mass is 35.5. The van der Waals surface area contributed by atoms with Gasteiger partial charge in [-0.1, -0.05) is 17.7 Å². The summed E-state index contributed by atoms with van der Waals surface area (Å²) < 4.78 is 0. The van der Waals surface area contributed by atoms with Crippen LogP contribution in [-0.4, -0.2) is 29.9 Å². The Kier molecular flexibility index (Phi) is 3.69. The van der Waals surface area contributed by atoms with Gasteiger partial charge in [0.2, 0.25) is 0 Å². The number of benzene rings is 1. The molecule has 0 bridgehead atoms. The number of carbonyl (C=O) groups excluding carboxylic acids is 1. The van der Waals surface area contributed by atoms with E-state index in [0.29, 0.717) is 17.1 Å². The Hall–Kier alpha value is -1.06. The van der Waals surface area contributed by atoms with Gasteiger partial charge in [0.25, 0.3) is 5.91 Å². The van der Waals surface area contributed by atoms with Gasteiger partial charge in [-0.05, 0) is 37.5 Å². The Morgan fingerprint density at radius 2 is 2.35 bits per heavy atom. The van der Waals surface area contributed by atoms with Gasteiger partial charge in [-0.15, -0.1) is 0 Å². The molecule has 1 unspecified atom stereocenters. The maximum absolute atomic E-state index is 12.3. The van der Waals surface area contributed by atoms with Gasteiger partial charge in [-0.25, -0.2) is 0 Å². The van der Waals surface area contributed by atoms with Gasteiger partial charge in [0.05, 0.1) is 10.6 Å². The highest BCUT2D eigenvalue weighted by molar-refractivity contribution is 6.33. The molecular weight excluding hydrogens is 236 g/mol. The monoisotopic (exact) mass is 252 g/mol. The molecule has 0 saturated carbocycles. The summed E-state index contributed by atoms with van der Waals surface area (Å²) in [6.45, 7) is 3.26. The van der Waals surface area contributed by atoms with Crippen LogP contribution >= 0.6 is 11.6 Å². The van der Waals surface area contributed by atoms with E-state index in [9.17, 15) is 4.79 Å². The summed E-state index contributed by atoms with van der Waals surface area (Å²) >= 11 is 6.11. The third kappa shape index (κ3) is 2.45. The number of hydrogen-bond acceptors (Lipinski definition) is 2. The Bertz CT molecular complexity index is 433. The fourth-order valence-electron chi connectivity index (χ4n) is 2.30. The molecule has 2 N–H and O–H groups in total.